The Morgan fingerprint density at radius 1 is 1.08 bits per heavy atom. The van der Waals surface area contributed by atoms with Crippen molar-refractivity contribution in [1.29, 1.82) is 0 Å². The molecule has 1 aromatic heterocycles. The first-order chi connectivity index (χ1) is 12.4. The molecule has 2 aromatic rings. The smallest absolute Gasteiger partial charge is 0.257 e. The molecule has 0 radical (unpaired) electrons. The summed E-state index contributed by atoms with van der Waals surface area (Å²) < 4.78 is 26.6. The first-order valence-electron chi connectivity index (χ1n) is 8.16. The van der Waals surface area contributed by atoms with Crippen molar-refractivity contribution in [2.45, 2.75) is 6.92 Å². The highest BCUT2D eigenvalue weighted by atomic mass is 19.1. The molecule has 1 aromatic carbocycles. The van der Waals surface area contributed by atoms with E-state index in [0.717, 1.165) is 11.8 Å². The molecule has 1 N–H and O–H groups in total. The lowest BCUT2D eigenvalue weighted by atomic mass is 10.2. The van der Waals surface area contributed by atoms with Crippen LogP contribution in [0.5, 0.6) is 0 Å². The number of hydrogen-bond donors (Lipinski definition) is 1. The normalized spacial score (nSPS) is 14.3. The molecule has 1 aliphatic rings. The number of carbonyl (C=O) groups is 2. The number of benzene rings is 1. The van der Waals surface area contributed by atoms with Gasteiger partial charge in [-0.05, 0) is 18.2 Å². The largest absolute Gasteiger partial charge is 0.367 e. The monoisotopic (exact) mass is 360 g/mol. The molecule has 0 atom stereocenters. The average molecular weight is 360 g/mol. The Hall–Kier alpha value is -3.03. The van der Waals surface area contributed by atoms with E-state index in [9.17, 15) is 18.4 Å². The van der Waals surface area contributed by atoms with Crippen molar-refractivity contribution in [2.75, 3.05) is 36.4 Å². The van der Waals surface area contributed by atoms with E-state index in [1.165, 1.54) is 19.2 Å². The third kappa shape index (κ3) is 3.96. The van der Waals surface area contributed by atoms with Crippen molar-refractivity contribution in [2.24, 2.45) is 0 Å². The van der Waals surface area contributed by atoms with E-state index in [2.05, 4.69) is 10.3 Å². The summed E-state index contributed by atoms with van der Waals surface area (Å²) in [6.45, 7) is 4.02. The summed E-state index contributed by atoms with van der Waals surface area (Å²) in [7, 11) is 0. The summed E-state index contributed by atoms with van der Waals surface area (Å²) in [5, 5.41) is 2.41. The Morgan fingerprint density at radius 2 is 1.81 bits per heavy atom. The van der Waals surface area contributed by atoms with Gasteiger partial charge in [-0.15, -0.1) is 0 Å². The summed E-state index contributed by atoms with van der Waals surface area (Å²) in [5.74, 6) is -2.05. The van der Waals surface area contributed by atoms with Gasteiger partial charge in [0.25, 0.3) is 5.91 Å². The van der Waals surface area contributed by atoms with Crippen molar-refractivity contribution in [3.05, 3.63) is 53.9 Å². The molecule has 2 amide bonds. The first kappa shape index (κ1) is 17.8. The molecule has 0 saturated carbocycles. The van der Waals surface area contributed by atoms with Crippen molar-refractivity contribution in [1.82, 2.24) is 9.88 Å². The summed E-state index contributed by atoms with van der Waals surface area (Å²) in [4.78, 5) is 31.6. The molecular weight excluding hydrogens is 342 g/mol. The molecule has 1 fully saturated rings. The molecule has 8 heteroatoms. The van der Waals surface area contributed by atoms with E-state index in [4.69, 9.17) is 0 Å². The number of anilines is 2. The fourth-order valence-electron chi connectivity index (χ4n) is 2.79. The second-order valence-corrected chi connectivity index (χ2v) is 6.00. The Bertz CT molecular complexity index is 836. The van der Waals surface area contributed by atoms with Gasteiger partial charge in [-0.25, -0.2) is 8.78 Å². The number of rotatable bonds is 3. The maximum atomic E-state index is 13.7. The minimum atomic E-state index is -0.845. The van der Waals surface area contributed by atoms with E-state index < -0.39 is 17.5 Å². The van der Waals surface area contributed by atoms with Gasteiger partial charge in [0.05, 0.1) is 23.1 Å². The standard InChI is InChI=1S/C18H18F2N4O2/c1-12(25)23-4-6-24(7-5-23)15-8-13(10-21-11-15)18(26)22-17-3-2-14(19)9-16(17)20/h2-3,8-11H,4-7H2,1H3,(H,22,26). The number of aromatic nitrogens is 1. The van der Waals surface area contributed by atoms with Crippen LogP contribution < -0.4 is 10.2 Å². The molecule has 0 aliphatic carbocycles. The zero-order chi connectivity index (χ0) is 18.7. The predicted octanol–water partition coefficient (Wildman–Crippen LogP) is 2.28. The zero-order valence-corrected chi connectivity index (χ0v) is 14.2. The van der Waals surface area contributed by atoms with E-state index in [1.54, 1.807) is 17.2 Å². The van der Waals surface area contributed by atoms with Crippen molar-refractivity contribution < 1.29 is 18.4 Å². The number of nitrogens with one attached hydrogen (secondary N) is 1. The van der Waals surface area contributed by atoms with Gasteiger partial charge >= 0.3 is 0 Å². The number of halogens is 2. The Labute approximate surface area is 149 Å². The van der Waals surface area contributed by atoms with Crippen LogP contribution in [0.15, 0.2) is 36.7 Å². The minimum absolute atomic E-state index is 0.0391. The lowest BCUT2D eigenvalue weighted by Crippen LogP contribution is -2.48. The predicted molar refractivity (Wildman–Crippen MR) is 93.0 cm³/mol. The van der Waals surface area contributed by atoms with E-state index in [0.29, 0.717) is 32.2 Å². The molecular formula is C18H18F2N4O2. The first-order valence-corrected chi connectivity index (χ1v) is 8.16. The van der Waals surface area contributed by atoms with Gasteiger partial charge in [0.1, 0.15) is 11.6 Å². The van der Waals surface area contributed by atoms with Gasteiger partial charge in [-0.2, -0.15) is 0 Å². The van der Waals surface area contributed by atoms with Crippen LogP contribution in [0.2, 0.25) is 0 Å². The van der Waals surface area contributed by atoms with Crippen LogP contribution >= 0.6 is 0 Å². The Morgan fingerprint density at radius 3 is 2.46 bits per heavy atom. The molecule has 26 heavy (non-hydrogen) atoms. The van der Waals surface area contributed by atoms with Gasteiger partial charge in [0.15, 0.2) is 0 Å². The molecule has 1 aliphatic heterocycles. The van der Waals surface area contributed by atoms with Crippen molar-refractivity contribution in [3.8, 4) is 0 Å². The van der Waals surface area contributed by atoms with E-state index in [1.807, 2.05) is 4.90 Å². The molecule has 2 heterocycles. The Balaban J connectivity index is 1.71. The number of amides is 2. The zero-order valence-electron chi connectivity index (χ0n) is 14.2. The van der Waals surface area contributed by atoms with Crippen LogP contribution in [-0.4, -0.2) is 47.9 Å². The fourth-order valence-corrected chi connectivity index (χ4v) is 2.79. The van der Waals surface area contributed by atoms with Crippen molar-refractivity contribution >= 4 is 23.2 Å². The van der Waals surface area contributed by atoms with Gasteiger partial charge in [0.2, 0.25) is 5.91 Å². The van der Waals surface area contributed by atoms with Gasteiger partial charge < -0.3 is 15.1 Å². The van der Waals surface area contributed by atoms with Crippen molar-refractivity contribution in [3.63, 3.8) is 0 Å². The highest BCUT2D eigenvalue weighted by Crippen LogP contribution is 2.19. The number of carbonyl (C=O) groups excluding carboxylic acids is 2. The highest BCUT2D eigenvalue weighted by molar-refractivity contribution is 6.04. The van der Waals surface area contributed by atoms with Crippen LogP contribution in [0.4, 0.5) is 20.2 Å². The molecule has 6 nitrogen and oxygen atoms in total. The molecule has 0 spiro atoms. The van der Waals surface area contributed by atoms with Crippen LogP contribution in [0.1, 0.15) is 17.3 Å². The number of pyridine rings is 1. The van der Waals surface area contributed by atoms with Crippen LogP contribution in [0.3, 0.4) is 0 Å². The minimum Gasteiger partial charge on any atom is -0.367 e. The maximum absolute atomic E-state index is 13.7. The van der Waals surface area contributed by atoms with Gasteiger partial charge in [0, 0.05) is 45.4 Å². The van der Waals surface area contributed by atoms with E-state index in [-0.39, 0.29) is 17.2 Å². The Kier molecular flexibility index (Phi) is 5.11. The number of hydrogen-bond acceptors (Lipinski definition) is 4. The lowest BCUT2D eigenvalue weighted by molar-refractivity contribution is -0.129. The molecule has 0 unspecified atom stereocenters. The molecule has 0 bridgehead atoms. The number of nitrogens with zero attached hydrogens (tertiary/aromatic N) is 3. The number of piperazine rings is 1. The van der Waals surface area contributed by atoms with E-state index >= 15 is 0 Å². The summed E-state index contributed by atoms with van der Waals surface area (Å²) >= 11 is 0. The molecule has 3 rings (SSSR count). The second-order valence-electron chi connectivity index (χ2n) is 6.00. The SMILES string of the molecule is CC(=O)N1CCN(c2cncc(C(=O)Nc3ccc(F)cc3F)c2)CC1. The quantitative estimate of drug-likeness (QED) is 0.912. The summed E-state index contributed by atoms with van der Waals surface area (Å²) in [5.41, 5.74) is 0.914. The van der Waals surface area contributed by atoms with Gasteiger partial charge in [-0.1, -0.05) is 0 Å². The topological polar surface area (TPSA) is 65.5 Å². The third-order valence-electron chi connectivity index (χ3n) is 4.26. The highest BCUT2D eigenvalue weighted by Gasteiger charge is 2.20. The fraction of sp³-hybridized carbons (Fsp3) is 0.278. The molecule has 136 valence electrons. The summed E-state index contributed by atoms with van der Waals surface area (Å²) in [6.07, 6.45) is 3.02. The maximum Gasteiger partial charge on any atom is 0.257 e. The summed E-state index contributed by atoms with van der Waals surface area (Å²) in [6, 6.07) is 4.61. The van der Waals surface area contributed by atoms with Crippen LogP contribution in [-0.2, 0) is 4.79 Å². The second kappa shape index (κ2) is 7.47. The van der Waals surface area contributed by atoms with Crippen LogP contribution in [0, 0.1) is 11.6 Å². The third-order valence-corrected chi connectivity index (χ3v) is 4.26. The lowest BCUT2D eigenvalue weighted by Gasteiger charge is -2.35. The van der Waals surface area contributed by atoms with Gasteiger partial charge in [-0.3, -0.25) is 14.6 Å². The van der Waals surface area contributed by atoms with Crippen LogP contribution in [0.25, 0.3) is 0 Å². The molecule has 1 saturated heterocycles. The average Bonchev–Trinajstić information content (AvgIpc) is 2.64.